The molecular formula is C53H68N4O17P4. The number of carbonyl (C=O) groups excluding carboxylic acids is 4. The minimum absolute atomic E-state index is 0.00233. The van der Waals surface area contributed by atoms with Crippen molar-refractivity contribution in [2.24, 2.45) is 29.6 Å². The topological polar surface area (TPSA) is 250 Å². The van der Waals surface area contributed by atoms with Gasteiger partial charge in [-0.05, 0) is 18.9 Å². The van der Waals surface area contributed by atoms with Gasteiger partial charge in [-0.2, -0.15) is 0 Å². The number of ether oxygens (including phenoxy) is 5. The number of allylic oxidation sites excluding steroid dienone is 2. The summed E-state index contributed by atoms with van der Waals surface area (Å²) in [5, 5.41) is 11.8. The summed E-state index contributed by atoms with van der Waals surface area (Å²) in [5.74, 6) is -9.43. The Hall–Kier alpha value is -5.35. The molecule has 1 aliphatic carbocycles. The van der Waals surface area contributed by atoms with Gasteiger partial charge in [-0.1, -0.05) is 59.8 Å². The third-order valence-corrected chi connectivity index (χ3v) is 15.7. The molecule has 5 aliphatic rings. The first kappa shape index (κ1) is 60.3. The Bertz CT molecular complexity index is 3090. The summed E-state index contributed by atoms with van der Waals surface area (Å²) in [5.41, 5.74) is -0.602. The molecule has 13 unspecified atom stereocenters. The summed E-state index contributed by atoms with van der Waals surface area (Å²) >= 11 is 0. The third kappa shape index (κ3) is 12.2. The number of rotatable bonds is 11. The highest BCUT2D eigenvalue weighted by atomic mass is 31.0. The molecule has 4 aliphatic heterocycles. The van der Waals surface area contributed by atoms with Crippen molar-refractivity contribution in [2.75, 3.05) is 56.7 Å². The zero-order valence-corrected chi connectivity index (χ0v) is 49.7. The molecule has 0 spiro atoms. The lowest BCUT2D eigenvalue weighted by atomic mass is 9.78. The van der Waals surface area contributed by atoms with Crippen LogP contribution in [0.5, 0.6) is 17.2 Å². The van der Waals surface area contributed by atoms with Crippen LogP contribution in [-0.4, -0.2) is 121 Å². The number of carbonyl (C=O) groups is 5. The second-order valence-electron chi connectivity index (χ2n) is 20.4. The number of aromatic nitrogens is 1. The summed E-state index contributed by atoms with van der Waals surface area (Å²) in [6.07, 6.45) is 4.50. The van der Waals surface area contributed by atoms with Crippen LogP contribution in [0.4, 0.5) is 11.4 Å². The van der Waals surface area contributed by atoms with E-state index >= 15 is 9.59 Å². The van der Waals surface area contributed by atoms with Gasteiger partial charge in [0, 0.05) is 125 Å². The largest absolute Gasteiger partial charge is 0.479 e. The molecule has 13 atom stereocenters. The normalized spacial score (nSPS) is 27.0. The number of carboxylic acid groups (broad SMARTS) is 1. The zero-order chi connectivity index (χ0) is 57.1. The number of Topliss-reactive ketones (excluding diaryl/α,β-unsaturated/α-hetero) is 1. The van der Waals surface area contributed by atoms with Crippen LogP contribution in [-0.2, 0) is 47.2 Å². The first-order valence-electron chi connectivity index (χ1n) is 25.3. The van der Waals surface area contributed by atoms with Gasteiger partial charge in [0.1, 0.15) is 41.1 Å². The molecule has 78 heavy (non-hydrogen) atoms. The van der Waals surface area contributed by atoms with E-state index in [9.17, 15) is 24.3 Å². The first-order chi connectivity index (χ1) is 37.0. The average Bonchev–Trinajstić information content (AvgIpc) is 3.75. The van der Waals surface area contributed by atoms with Crippen LogP contribution in [0.15, 0.2) is 57.5 Å². The minimum atomic E-state index is -2.08. The first-order valence-corrected chi connectivity index (χ1v) is 27.2. The standard InChI is InChI=1S/C53H68N4O17P4/c1-24(2)22-56-15-17-57(18-16-56)32-20-34-39(35(21-32)71-75)54-40-36-37-42(59)41(48(40)69-34)55-50(61)31(23-66-52(64)51(62)63)13-11-12-25(3)43(72-76)27(5)45(73-77)28(6)44(68-30(8)58)26(4)33(65-10)14-19-67-53(9)49(60)38(36)46(70-53)29(7)47(37)74-78/h11-14,19-21,24-28,33,43-45H,15-18,22-23,75-78H2,1-10H3,(H,55,61)(H,62,63)/b12-11+,19-14+,31-13-. The molecule has 25 heteroatoms. The summed E-state index contributed by atoms with van der Waals surface area (Å²) in [6, 6.07) is 3.56. The highest BCUT2D eigenvalue weighted by molar-refractivity contribution is 7.10. The van der Waals surface area contributed by atoms with Gasteiger partial charge < -0.3 is 61.5 Å². The molecule has 2 aromatic rings. The second-order valence-corrected chi connectivity index (χ2v) is 21.4. The van der Waals surface area contributed by atoms with Crippen LogP contribution in [0.1, 0.15) is 71.3 Å². The predicted octanol–water partition coefficient (Wildman–Crippen LogP) is 7.60. The Balaban J connectivity index is 1.50. The van der Waals surface area contributed by atoms with Crippen molar-refractivity contribution in [3.8, 4) is 28.7 Å². The van der Waals surface area contributed by atoms with Crippen LogP contribution in [0, 0.1) is 36.5 Å². The molecule has 0 saturated carbocycles. The summed E-state index contributed by atoms with van der Waals surface area (Å²) in [7, 11) is 10.4. The molecule has 1 saturated heterocycles. The lowest BCUT2D eigenvalue weighted by Gasteiger charge is -2.40. The van der Waals surface area contributed by atoms with Gasteiger partial charge in [0.05, 0.1) is 60.0 Å². The summed E-state index contributed by atoms with van der Waals surface area (Å²) in [4.78, 5) is 91.9. The number of hydrogen-bond acceptors (Lipinski definition) is 19. The van der Waals surface area contributed by atoms with Crippen LogP contribution >= 0.6 is 37.9 Å². The third-order valence-electron chi connectivity index (χ3n) is 14.6. The van der Waals surface area contributed by atoms with Crippen LogP contribution in [0.3, 0.4) is 0 Å². The molecule has 422 valence electrons. The van der Waals surface area contributed by atoms with E-state index in [1.54, 1.807) is 25.1 Å². The fourth-order valence-electron chi connectivity index (χ4n) is 10.7. The Kier molecular flexibility index (Phi) is 19.6. The molecule has 1 amide bonds. The maximum absolute atomic E-state index is 15.5. The van der Waals surface area contributed by atoms with Crippen molar-refractivity contribution in [1.82, 2.24) is 9.88 Å². The number of fused-ring (bicyclic) bond motifs is 2. The average molecular weight is 1160 g/mol. The van der Waals surface area contributed by atoms with Gasteiger partial charge in [0.25, 0.3) is 11.7 Å². The fraction of sp³-hybridized carbons (Fsp3) is 0.491. The van der Waals surface area contributed by atoms with Crippen LogP contribution in [0.25, 0.3) is 33.3 Å². The Morgan fingerprint density at radius 3 is 2.21 bits per heavy atom. The molecule has 7 rings (SSSR count). The van der Waals surface area contributed by atoms with Crippen LogP contribution in [0.2, 0.25) is 0 Å². The van der Waals surface area contributed by atoms with E-state index in [1.807, 2.05) is 33.8 Å². The summed E-state index contributed by atoms with van der Waals surface area (Å²) < 4.78 is 60.2. The lowest BCUT2D eigenvalue weighted by molar-refractivity contribution is -0.163. The molecule has 4 heterocycles. The Morgan fingerprint density at radius 1 is 0.923 bits per heavy atom. The number of anilines is 2. The van der Waals surface area contributed by atoms with E-state index < -0.39 is 101 Å². The SMILES string of the molecule is COC1/C=C/OC2(C)Oc3c(C)c(OP)c4c(=O)c(c5oc6cc(N7CCN(CC(C)C)CC7)cc(OP)c6nc-5c4c3C2=O)NC(=O)/C(COC(=O)C(=O)O)=C\C=C\C(C)C(OP)C(C)C(OP)C(C)C(OC(C)=O)C1C. The Morgan fingerprint density at radius 2 is 1.60 bits per heavy atom. The summed E-state index contributed by atoms with van der Waals surface area (Å²) in [6.45, 7) is 19.1. The predicted molar refractivity (Wildman–Crippen MR) is 304 cm³/mol. The number of nitrogens with one attached hydrogen (secondary N) is 1. The molecule has 1 fully saturated rings. The van der Waals surface area contributed by atoms with Gasteiger partial charge in [0.15, 0.2) is 17.1 Å². The number of esters is 2. The number of hydrogen-bond donors (Lipinski definition) is 2. The second kappa shape index (κ2) is 25.4. The highest BCUT2D eigenvalue weighted by Crippen LogP contribution is 2.52. The van der Waals surface area contributed by atoms with Crippen molar-refractivity contribution in [3.63, 3.8) is 0 Å². The molecule has 2 N–H and O–H groups in total. The Labute approximate surface area is 461 Å². The number of methoxy groups -OCH3 is 1. The van der Waals surface area contributed by atoms with Gasteiger partial charge >= 0.3 is 23.7 Å². The highest BCUT2D eigenvalue weighted by Gasteiger charge is 2.50. The monoisotopic (exact) mass is 1160 g/mol. The number of ketones is 1. The van der Waals surface area contributed by atoms with E-state index in [4.69, 9.17) is 51.2 Å². The van der Waals surface area contributed by atoms with Crippen molar-refractivity contribution in [2.45, 2.75) is 92.5 Å². The lowest BCUT2D eigenvalue weighted by Crippen LogP contribution is -2.47. The molecular weight excluding hydrogens is 1090 g/mol. The van der Waals surface area contributed by atoms with Crippen molar-refractivity contribution < 1.29 is 75.3 Å². The number of nitrogens with zero attached hydrogens (tertiary/aromatic N) is 3. The van der Waals surface area contributed by atoms with E-state index in [0.29, 0.717) is 19.0 Å². The van der Waals surface area contributed by atoms with Crippen molar-refractivity contribution >= 4 is 101 Å². The number of amides is 1. The van der Waals surface area contributed by atoms with E-state index in [0.717, 1.165) is 25.3 Å². The van der Waals surface area contributed by atoms with E-state index in [2.05, 4.69) is 66.8 Å². The molecule has 21 nitrogen and oxygen atoms in total. The number of piperazine rings is 1. The number of carboxylic acids is 1. The quantitative estimate of drug-likeness (QED) is 0.0482. The van der Waals surface area contributed by atoms with Crippen molar-refractivity contribution in [3.05, 3.63) is 69.6 Å². The fourth-order valence-corrected chi connectivity index (χ4v) is 12.2. The molecule has 2 aromatic carbocycles. The maximum atomic E-state index is 15.5. The molecule has 4 bridgehead atoms. The van der Waals surface area contributed by atoms with Gasteiger partial charge in [-0.3, -0.25) is 24.1 Å². The van der Waals surface area contributed by atoms with Crippen molar-refractivity contribution in [1.29, 1.82) is 0 Å². The van der Waals surface area contributed by atoms with Crippen LogP contribution < -0.4 is 29.4 Å². The van der Waals surface area contributed by atoms with Gasteiger partial charge in [-0.15, -0.1) is 0 Å². The van der Waals surface area contributed by atoms with Gasteiger partial charge in [-0.25, -0.2) is 14.6 Å². The minimum Gasteiger partial charge on any atom is -0.479 e. The smallest absolute Gasteiger partial charge is 0.417 e. The molecule has 0 aromatic heterocycles. The molecule has 0 radical (unpaired) electrons. The van der Waals surface area contributed by atoms with E-state index in [1.165, 1.54) is 39.4 Å². The van der Waals surface area contributed by atoms with E-state index in [-0.39, 0.29) is 67.3 Å². The van der Waals surface area contributed by atoms with Gasteiger partial charge in [0.2, 0.25) is 5.43 Å². The maximum Gasteiger partial charge on any atom is 0.417 e. The zero-order valence-electron chi connectivity index (χ0n) is 45.1. The number of benzene rings is 3. The number of aliphatic carboxylic acids is 1.